The Morgan fingerprint density at radius 3 is 1.10 bits per heavy atom. The van der Waals surface area contributed by atoms with Crippen LogP contribution in [0.2, 0.25) is 14.3 Å². The van der Waals surface area contributed by atoms with Crippen molar-refractivity contribution < 1.29 is 26.1 Å². The molecule has 0 aliphatic heterocycles. The zero-order valence-electron chi connectivity index (χ0n) is 18.8. The fourth-order valence-corrected chi connectivity index (χ4v) is 5.76. The maximum atomic E-state index is 10.7. The van der Waals surface area contributed by atoms with Gasteiger partial charge in [0.15, 0.2) is 10.1 Å². The standard InChI is InChI=1S/C18H37.CHF3O3S.2CH3.Sn/c1-3-5-7-9-11-13-15-17-18-16-14-12-10-8-6-4-2;2-1(3,4)8(5,6)7;;;/h1,3-18H2,2H3;(H,5,6,7);2*1H3;/q;;;;+1/p-1. The Morgan fingerprint density at radius 1 is 0.655 bits per heavy atom. The molecule has 0 fully saturated rings. The van der Waals surface area contributed by atoms with Gasteiger partial charge < -0.3 is 4.55 Å². The van der Waals surface area contributed by atoms with Crippen LogP contribution in [0.15, 0.2) is 0 Å². The van der Waals surface area contributed by atoms with Crippen molar-refractivity contribution in [3.8, 4) is 0 Å². The monoisotopic (exact) mass is 552 g/mol. The van der Waals surface area contributed by atoms with Crippen molar-refractivity contribution in [2.45, 2.75) is 129 Å². The van der Waals surface area contributed by atoms with Crippen LogP contribution in [0.1, 0.15) is 110 Å². The minimum Gasteiger partial charge on any atom is -0.741 e. The van der Waals surface area contributed by atoms with Gasteiger partial charge in [-0.3, -0.25) is 0 Å². The van der Waals surface area contributed by atoms with E-state index in [1.54, 1.807) is 10.9 Å². The molecule has 0 N–H and O–H groups in total. The number of hydrogen-bond acceptors (Lipinski definition) is 3. The normalized spacial score (nSPS) is 11.8. The van der Waals surface area contributed by atoms with Gasteiger partial charge in [-0.2, -0.15) is 13.2 Å². The molecule has 176 valence electrons. The molecule has 0 saturated heterocycles. The Labute approximate surface area is 185 Å². The SMILES string of the molecule is CCCCCCCCCCCCCCCCC[CH2][Sn+]([CH3])[CH3].O=S(=O)([O-])C(F)(F)F. The summed E-state index contributed by atoms with van der Waals surface area (Å²) in [5, 5.41) is 0. The van der Waals surface area contributed by atoms with Crippen LogP contribution in [0.4, 0.5) is 13.2 Å². The Kier molecular flexibility index (Phi) is 22.3. The second kappa shape index (κ2) is 20.4. The van der Waals surface area contributed by atoms with E-state index in [4.69, 9.17) is 13.0 Å². The van der Waals surface area contributed by atoms with Gasteiger partial charge in [-0.15, -0.1) is 0 Å². The first-order chi connectivity index (χ1) is 13.5. The van der Waals surface area contributed by atoms with E-state index < -0.39 is 35.4 Å². The summed E-state index contributed by atoms with van der Waals surface area (Å²) in [6.45, 7) is 2.30. The fourth-order valence-electron chi connectivity index (χ4n) is 3.03. The summed E-state index contributed by atoms with van der Waals surface area (Å²) in [7, 11) is -6.09. The van der Waals surface area contributed by atoms with E-state index in [2.05, 4.69) is 16.8 Å². The third-order valence-corrected chi connectivity index (χ3v) is 9.24. The summed E-state index contributed by atoms with van der Waals surface area (Å²) in [6.07, 6.45) is 23.8. The van der Waals surface area contributed by atoms with Crippen LogP contribution in [0, 0.1) is 0 Å². The summed E-state index contributed by atoms with van der Waals surface area (Å²) in [6, 6.07) is 0. The molecule has 0 aliphatic carbocycles. The van der Waals surface area contributed by atoms with Crippen LogP contribution in [0.25, 0.3) is 0 Å². The van der Waals surface area contributed by atoms with Gasteiger partial charge in [0.05, 0.1) is 0 Å². The molecule has 29 heavy (non-hydrogen) atoms. The first-order valence-corrected chi connectivity index (χ1v) is 20.5. The number of unbranched alkanes of at least 4 members (excludes halogenated alkanes) is 15. The molecule has 0 bridgehead atoms. The van der Waals surface area contributed by atoms with E-state index in [9.17, 15) is 13.2 Å². The first kappa shape index (κ1) is 31.7. The van der Waals surface area contributed by atoms with Crippen molar-refractivity contribution >= 4 is 29.9 Å². The minimum absolute atomic E-state index is 0.747. The van der Waals surface area contributed by atoms with Gasteiger partial charge >= 0.3 is 110 Å². The average Bonchev–Trinajstić information content (AvgIpc) is 2.60. The summed E-state index contributed by atoms with van der Waals surface area (Å²) >= 11 is -0.747. The number of alkyl halides is 3. The molecule has 0 unspecified atom stereocenters. The van der Waals surface area contributed by atoms with Crippen molar-refractivity contribution in [3.05, 3.63) is 0 Å². The molecule has 0 saturated carbocycles. The Bertz CT molecular complexity index is 441. The van der Waals surface area contributed by atoms with Crippen molar-refractivity contribution in [2.24, 2.45) is 0 Å². The third kappa shape index (κ3) is 26.5. The molecule has 0 spiro atoms. The molecular formula is C21H43F3O3SSn. The van der Waals surface area contributed by atoms with E-state index in [0.29, 0.717) is 0 Å². The van der Waals surface area contributed by atoms with E-state index in [-0.39, 0.29) is 0 Å². The number of hydrogen-bond donors (Lipinski definition) is 0. The fraction of sp³-hybridized carbons (Fsp3) is 1.00. The molecule has 8 heteroatoms. The molecule has 3 nitrogen and oxygen atoms in total. The molecule has 0 amide bonds. The summed E-state index contributed by atoms with van der Waals surface area (Å²) in [4.78, 5) is 5.07. The Balaban J connectivity index is 0. The average molecular weight is 551 g/mol. The van der Waals surface area contributed by atoms with Crippen LogP contribution >= 0.6 is 0 Å². The second-order valence-corrected chi connectivity index (χ2v) is 17.8. The van der Waals surface area contributed by atoms with Crippen LogP contribution in [-0.2, 0) is 10.1 Å². The van der Waals surface area contributed by atoms with Crippen molar-refractivity contribution in [1.29, 1.82) is 0 Å². The quantitative estimate of drug-likeness (QED) is 0.0796. The van der Waals surface area contributed by atoms with Gasteiger partial charge in [0.25, 0.3) is 0 Å². The zero-order chi connectivity index (χ0) is 22.6. The first-order valence-electron chi connectivity index (χ1n) is 11.3. The third-order valence-electron chi connectivity index (χ3n) is 4.81. The molecule has 0 radical (unpaired) electrons. The van der Waals surface area contributed by atoms with E-state index in [0.717, 1.165) is 0 Å². The van der Waals surface area contributed by atoms with E-state index in [1.165, 1.54) is 96.3 Å². The molecule has 0 heterocycles. The van der Waals surface area contributed by atoms with Crippen LogP contribution < -0.4 is 0 Å². The van der Waals surface area contributed by atoms with E-state index in [1.807, 2.05) is 0 Å². The number of halogens is 3. The largest absolute Gasteiger partial charge is 0.741 e. The molecule has 0 atom stereocenters. The van der Waals surface area contributed by atoms with Gasteiger partial charge in [0, 0.05) is 0 Å². The zero-order valence-corrected chi connectivity index (χ0v) is 22.5. The predicted molar refractivity (Wildman–Crippen MR) is 118 cm³/mol. The van der Waals surface area contributed by atoms with Crippen molar-refractivity contribution in [3.63, 3.8) is 0 Å². The Hall–Kier alpha value is 0.499. The maximum Gasteiger partial charge on any atom is 0.485 e. The smallest absolute Gasteiger partial charge is 0.485 e. The van der Waals surface area contributed by atoms with Crippen LogP contribution in [0.3, 0.4) is 0 Å². The van der Waals surface area contributed by atoms with Gasteiger partial charge in [-0.05, 0) is 0 Å². The molecule has 0 aromatic carbocycles. The molecule has 0 rings (SSSR count). The number of rotatable bonds is 17. The summed E-state index contributed by atoms with van der Waals surface area (Å²) in [5.74, 6) is 0. The maximum absolute atomic E-state index is 10.7. The van der Waals surface area contributed by atoms with E-state index >= 15 is 0 Å². The van der Waals surface area contributed by atoms with Crippen LogP contribution in [-0.4, -0.2) is 38.2 Å². The van der Waals surface area contributed by atoms with Crippen molar-refractivity contribution in [2.75, 3.05) is 0 Å². The topological polar surface area (TPSA) is 57.2 Å². The summed E-state index contributed by atoms with van der Waals surface area (Å²) < 4.78 is 60.5. The second-order valence-electron chi connectivity index (χ2n) is 8.16. The molecule has 0 aliphatic rings. The van der Waals surface area contributed by atoms with Gasteiger partial charge in [-0.25, -0.2) is 8.42 Å². The van der Waals surface area contributed by atoms with Gasteiger partial charge in [0.1, 0.15) is 0 Å². The van der Waals surface area contributed by atoms with Crippen molar-refractivity contribution in [1.82, 2.24) is 0 Å². The molecular weight excluding hydrogens is 508 g/mol. The Morgan fingerprint density at radius 2 is 0.897 bits per heavy atom. The van der Waals surface area contributed by atoms with Gasteiger partial charge in [-0.1, -0.05) is 39.0 Å². The van der Waals surface area contributed by atoms with Crippen LogP contribution in [0.5, 0.6) is 0 Å². The summed E-state index contributed by atoms with van der Waals surface area (Å²) in [5.41, 5.74) is -5.65. The molecule has 0 aromatic rings. The minimum atomic E-state index is -6.09. The molecule has 0 aromatic heterocycles. The van der Waals surface area contributed by atoms with Gasteiger partial charge in [0.2, 0.25) is 0 Å². The predicted octanol–water partition coefficient (Wildman–Crippen LogP) is 8.05.